The number of hydrogen-bond donors (Lipinski definition) is 0. The number of hydrogen-bond acceptors (Lipinski definition) is 2. The van der Waals surface area contributed by atoms with Gasteiger partial charge >= 0.3 is 0 Å². The Balaban J connectivity index is 1.20. The van der Waals surface area contributed by atoms with E-state index in [1.807, 2.05) is 11.3 Å². The van der Waals surface area contributed by atoms with E-state index in [9.17, 15) is 0 Å². The van der Waals surface area contributed by atoms with Gasteiger partial charge in [-0.05, 0) is 90.5 Å². The van der Waals surface area contributed by atoms with E-state index in [1.165, 1.54) is 74.7 Å². The molecule has 2 heterocycles. The molecule has 242 valence electrons. The van der Waals surface area contributed by atoms with Crippen LogP contribution in [0, 0.1) is 0 Å². The van der Waals surface area contributed by atoms with Crippen molar-refractivity contribution in [1.29, 1.82) is 0 Å². The SMILES string of the molecule is c1ccc(-c2oc3c(ccc4sc5ccc(-c6c7ccccc7c(-c7ccc8ccccc8c7)c7ccccc67)cc5c43)c2-c2ccccc2)cc1. The van der Waals surface area contributed by atoms with Crippen molar-refractivity contribution in [1.82, 2.24) is 0 Å². The van der Waals surface area contributed by atoms with E-state index < -0.39 is 0 Å². The lowest BCUT2D eigenvalue weighted by atomic mass is 9.85. The van der Waals surface area contributed by atoms with Crippen LogP contribution >= 0.6 is 11.3 Å². The zero-order valence-electron chi connectivity index (χ0n) is 28.1. The van der Waals surface area contributed by atoms with Crippen molar-refractivity contribution in [2.45, 2.75) is 0 Å². The van der Waals surface area contributed by atoms with Crippen LogP contribution < -0.4 is 0 Å². The molecule has 0 radical (unpaired) electrons. The molecule has 0 atom stereocenters. The molecule has 11 aromatic rings. The third-order valence-corrected chi connectivity index (χ3v) is 11.8. The molecule has 0 fully saturated rings. The normalized spacial score (nSPS) is 11.8. The summed E-state index contributed by atoms with van der Waals surface area (Å²) >= 11 is 1.83. The topological polar surface area (TPSA) is 13.1 Å². The van der Waals surface area contributed by atoms with Gasteiger partial charge in [-0.15, -0.1) is 11.3 Å². The Bertz CT molecular complexity index is 3110. The van der Waals surface area contributed by atoms with Crippen LogP contribution in [0.2, 0.25) is 0 Å². The number of thiophene rings is 1. The molecule has 52 heavy (non-hydrogen) atoms. The van der Waals surface area contributed by atoms with Crippen molar-refractivity contribution in [2.75, 3.05) is 0 Å². The average molecular weight is 679 g/mol. The Labute approximate surface area is 304 Å². The lowest BCUT2D eigenvalue weighted by Gasteiger charge is -2.18. The highest BCUT2D eigenvalue weighted by Gasteiger charge is 2.22. The van der Waals surface area contributed by atoms with E-state index in [4.69, 9.17) is 4.42 Å². The van der Waals surface area contributed by atoms with Gasteiger partial charge in [0.25, 0.3) is 0 Å². The van der Waals surface area contributed by atoms with Crippen LogP contribution in [0.4, 0.5) is 0 Å². The summed E-state index contributed by atoms with van der Waals surface area (Å²) in [5, 5.41) is 11.1. The first-order chi connectivity index (χ1) is 25.8. The summed E-state index contributed by atoms with van der Waals surface area (Å²) in [5.74, 6) is 0.908. The summed E-state index contributed by atoms with van der Waals surface area (Å²) in [6, 6.07) is 66.0. The zero-order chi connectivity index (χ0) is 34.2. The van der Waals surface area contributed by atoms with Gasteiger partial charge in [-0.25, -0.2) is 0 Å². The predicted octanol–water partition coefficient (Wildman–Crippen LogP) is 14.9. The number of rotatable bonds is 4. The van der Waals surface area contributed by atoms with Gasteiger partial charge in [0, 0.05) is 36.7 Å². The molecule has 0 aliphatic rings. The lowest BCUT2D eigenvalue weighted by Crippen LogP contribution is -1.91. The Hall–Kier alpha value is -6.48. The smallest absolute Gasteiger partial charge is 0.144 e. The Morgan fingerprint density at radius 2 is 0.865 bits per heavy atom. The van der Waals surface area contributed by atoms with Gasteiger partial charge in [0.15, 0.2) is 0 Å². The first-order valence-electron chi connectivity index (χ1n) is 17.8. The molecule has 11 rings (SSSR count). The molecule has 1 nitrogen and oxygen atoms in total. The van der Waals surface area contributed by atoms with Crippen LogP contribution in [0.1, 0.15) is 0 Å². The maximum atomic E-state index is 7.01. The summed E-state index contributed by atoms with van der Waals surface area (Å²) in [4.78, 5) is 0. The Kier molecular flexibility index (Phi) is 6.49. The van der Waals surface area contributed by atoms with Gasteiger partial charge in [0.05, 0.1) is 0 Å². The highest BCUT2D eigenvalue weighted by molar-refractivity contribution is 7.26. The summed E-state index contributed by atoms with van der Waals surface area (Å²) in [7, 11) is 0. The molecule has 0 saturated heterocycles. The van der Waals surface area contributed by atoms with E-state index in [-0.39, 0.29) is 0 Å². The molecule has 0 aliphatic heterocycles. The van der Waals surface area contributed by atoms with Gasteiger partial charge in [0.2, 0.25) is 0 Å². The average Bonchev–Trinajstić information content (AvgIpc) is 3.79. The fourth-order valence-electron chi connectivity index (χ4n) is 8.35. The van der Waals surface area contributed by atoms with E-state index in [0.717, 1.165) is 33.4 Å². The minimum atomic E-state index is 0.908. The van der Waals surface area contributed by atoms with Crippen molar-refractivity contribution in [2.24, 2.45) is 0 Å². The van der Waals surface area contributed by atoms with Crippen LogP contribution in [0.5, 0.6) is 0 Å². The molecule has 0 spiro atoms. The van der Waals surface area contributed by atoms with Gasteiger partial charge in [-0.3, -0.25) is 0 Å². The number of benzene rings is 9. The van der Waals surface area contributed by atoms with Gasteiger partial charge in [-0.2, -0.15) is 0 Å². The predicted molar refractivity (Wildman–Crippen MR) is 223 cm³/mol. The molecule has 0 saturated carbocycles. The second-order valence-corrected chi connectivity index (χ2v) is 14.7. The van der Waals surface area contributed by atoms with Crippen LogP contribution in [-0.2, 0) is 0 Å². The fraction of sp³-hybridized carbons (Fsp3) is 0. The van der Waals surface area contributed by atoms with Gasteiger partial charge < -0.3 is 4.42 Å². The summed E-state index contributed by atoms with van der Waals surface area (Å²) in [5.41, 5.74) is 9.31. The van der Waals surface area contributed by atoms with Gasteiger partial charge in [0.1, 0.15) is 11.3 Å². The number of fused-ring (bicyclic) bond motifs is 8. The maximum Gasteiger partial charge on any atom is 0.144 e. The quantitative estimate of drug-likeness (QED) is 0.169. The molecule has 2 aromatic heterocycles. The lowest BCUT2D eigenvalue weighted by molar-refractivity contribution is 0.636. The van der Waals surface area contributed by atoms with Crippen molar-refractivity contribution in [3.8, 4) is 44.7 Å². The summed E-state index contributed by atoms with van der Waals surface area (Å²) in [6.07, 6.45) is 0. The fourth-order valence-corrected chi connectivity index (χ4v) is 9.44. The molecule has 0 amide bonds. The Morgan fingerprint density at radius 1 is 0.327 bits per heavy atom. The largest absolute Gasteiger partial charge is 0.455 e. The molecular formula is C50H30OS. The van der Waals surface area contributed by atoms with Crippen LogP contribution in [0.3, 0.4) is 0 Å². The van der Waals surface area contributed by atoms with Crippen LogP contribution in [0.25, 0.3) is 108 Å². The second kappa shape index (κ2) is 11.5. The first kappa shape index (κ1) is 29.3. The standard InChI is InChI=1S/C50H30OS/c1-3-14-32(15-4-1)47-41-26-28-44-48(50(41)51-49(47)33-16-5-2-6-17-33)42-30-36(25-27-43(42)52-44)46-39-21-11-9-19-37(39)45(38-20-10-12-22-40(38)46)35-24-23-31-13-7-8-18-34(31)29-35/h1-30H. The third kappa shape index (κ3) is 4.41. The van der Waals surface area contributed by atoms with E-state index in [0.29, 0.717) is 0 Å². The van der Waals surface area contributed by atoms with Crippen molar-refractivity contribution < 1.29 is 4.42 Å². The second-order valence-electron chi connectivity index (χ2n) is 13.6. The summed E-state index contributed by atoms with van der Waals surface area (Å²) in [6.45, 7) is 0. The van der Waals surface area contributed by atoms with Crippen molar-refractivity contribution in [3.63, 3.8) is 0 Å². The molecule has 0 aliphatic carbocycles. The maximum absolute atomic E-state index is 7.01. The van der Waals surface area contributed by atoms with E-state index in [2.05, 4.69) is 182 Å². The third-order valence-electron chi connectivity index (χ3n) is 10.6. The van der Waals surface area contributed by atoms with Crippen LogP contribution in [0.15, 0.2) is 186 Å². The summed E-state index contributed by atoms with van der Waals surface area (Å²) < 4.78 is 9.49. The molecule has 2 heteroatoms. The van der Waals surface area contributed by atoms with Gasteiger partial charge in [-0.1, -0.05) is 152 Å². The minimum absolute atomic E-state index is 0.908. The molecule has 0 unspecified atom stereocenters. The van der Waals surface area contributed by atoms with Crippen molar-refractivity contribution in [3.05, 3.63) is 182 Å². The first-order valence-corrected chi connectivity index (χ1v) is 18.6. The highest BCUT2D eigenvalue weighted by Crippen LogP contribution is 2.49. The Morgan fingerprint density at radius 3 is 1.54 bits per heavy atom. The minimum Gasteiger partial charge on any atom is -0.455 e. The van der Waals surface area contributed by atoms with Crippen LogP contribution in [-0.4, -0.2) is 0 Å². The number of furan rings is 1. The van der Waals surface area contributed by atoms with E-state index in [1.54, 1.807) is 0 Å². The highest BCUT2D eigenvalue weighted by atomic mass is 32.1. The van der Waals surface area contributed by atoms with E-state index >= 15 is 0 Å². The molecule has 9 aromatic carbocycles. The molecule has 0 bridgehead atoms. The monoisotopic (exact) mass is 678 g/mol. The van der Waals surface area contributed by atoms with Crippen molar-refractivity contribution >= 4 is 74.8 Å². The zero-order valence-corrected chi connectivity index (χ0v) is 29.0. The molecular weight excluding hydrogens is 649 g/mol. The molecule has 0 N–H and O–H groups in total.